The van der Waals surface area contributed by atoms with Crippen molar-refractivity contribution < 1.29 is 14.7 Å². The molecule has 0 unspecified atom stereocenters. The van der Waals surface area contributed by atoms with Gasteiger partial charge in [-0.15, -0.1) is 0 Å². The first-order valence-electron chi connectivity index (χ1n) is 7.14. The van der Waals surface area contributed by atoms with Gasteiger partial charge in [0.2, 0.25) is 5.91 Å². The van der Waals surface area contributed by atoms with Crippen molar-refractivity contribution in [2.45, 2.75) is 32.7 Å². The van der Waals surface area contributed by atoms with Gasteiger partial charge in [-0.05, 0) is 30.4 Å². The molecule has 0 aliphatic rings. The van der Waals surface area contributed by atoms with Crippen LogP contribution in [0, 0.1) is 5.92 Å². The van der Waals surface area contributed by atoms with Gasteiger partial charge in [0.1, 0.15) is 0 Å². The van der Waals surface area contributed by atoms with Crippen LogP contribution in [0.3, 0.4) is 0 Å². The van der Waals surface area contributed by atoms with E-state index in [0.717, 1.165) is 5.56 Å². The van der Waals surface area contributed by atoms with Crippen molar-refractivity contribution >= 4 is 11.9 Å². The summed E-state index contributed by atoms with van der Waals surface area (Å²) in [5, 5.41) is 9.13. The summed E-state index contributed by atoms with van der Waals surface area (Å²) < 4.78 is 0. The number of carbonyl (C=O) groups excluding carboxylic acids is 1. The molecular formula is C16H24N2O3. The third-order valence-corrected chi connectivity index (χ3v) is 3.38. The molecule has 0 bridgehead atoms. The van der Waals surface area contributed by atoms with E-state index in [1.165, 1.54) is 0 Å². The van der Waals surface area contributed by atoms with E-state index in [1.54, 1.807) is 36.2 Å². The third kappa shape index (κ3) is 5.19. The third-order valence-electron chi connectivity index (χ3n) is 3.38. The predicted octanol–water partition coefficient (Wildman–Crippen LogP) is 1.76. The number of hydrogen-bond donors (Lipinski definition) is 2. The average Bonchev–Trinajstić information content (AvgIpc) is 2.43. The van der Waals surface area contributed by atoms with Crippen molar-refractivity contribution in [1.29, 1.82) is 0 Å². The highest BCUT2D eigenvalue weighted by Crippen LogP contribution is 2.11. The Morgan fingerprint density at radius 1 is 1.29 bits per heavy atom. The smallest absolute Gasteiger partial charge is 0.335 e. The highest BCUT2D eigenvalue weighted by atomic mass is 16.4. The van der Waals surface area contributed by atoms with Gasteiger partial charge in [0.05, 0.1) is 11.6 Å². The summed E-state index contributed by atoms with van der Waals surface area (Å²) in [5.41, 5.74) is 6.89. The SMILES string of the molecule is CC(C)C[C@@H](N)C(=O)N(C)CCc1ccccc1C(=O)O. The van der Waals surface area contributed by atoms with Gasteiger partial charge in [0.25, 0.3) is 0 Å². The lowest BCUT2D eigenvalue weighted by molar-refractivity contribution is -0.131. The number of aromatic carboxylic acids is 1. The van der Waals surface area contributed by atoms with Gasteiger partial charge in [0.15, 0.2) is 0 Å². The average molecular weight is 292 g/mol. The zero-order chi connectivity index (χ0) is 16.0. The van der Waals surface area contributed by atoms with Crippen LogP contribution in [0.5, 0.6) is 0 Å². The maximum Gasteiger partial charge on any atom is 0.335 e. The second-order valence-electron chi connectivity index (χ2n) is 5.71. The first-order chi connectivity index (χ1) is 9.82. The lowest BCUT2D eigenvalue weighted by atomic mass is 10.0. The second-order valence-corrected chi connectivity index (χ2v) is 5.71. The number of rotatable bonds is 7. The molecule has 1 rings (SSSR count). The van der Waals surface area contributed by atoms with E-state index in [-0.39, 0.29) is 11.5 Å². The molecule has 5 nitrogen and oxygen atoms in total. The molecule has 3 N–H and O–H groups in total. The molecule has 21 heavy (non-hydrogen) atoms. The number of carboxylic acids is 1. The van der Waals surface area contributed by atoms with E-state index in [4.69, 9.17) is 10.8 Å². The minimum atomic E-state index is -0.948. The van der Waals surface area contributed by atoms with E-state index in [2.05, 4.69) is 0 Å². The highest BCUT2D eigenvalue weighted by Gasteiger charge is 2.19. The Hall–Kier alpha value is -1.88. The number of nitrogens with zero attached hydrogens (tertiary/aromatic N) is 1. The van der Waals surface area contributed by atoms with Crippen molar-refractivity contribution in [1.82, 2.24) is 4.90 Å². The van der Waals surface area contributed by atoms with Crippen molar-refractivity contribution in [2.75, 3.05) is 13.6 Å². The zero-order valence-electron chi connectivity index (χ0n) is 12.9. The normalized spacial score (nSPS) is 12.2. The van der Waals surface area contributed by atoms with Gasteiger partial charge < -0.3 is 15.7 Å². The maximum atomic E-state index is 12.1. The van der Waals surface area contributed by atoms with Crippen LogP contribution in [0.15, 0.2) is 24.3 Å². The number of carbonyl (C=O) groups is 2. The standard InChI is InChI=1S/C16H24N2O3/c1-11(2)10-14(17)15(19)18(3)9-8-12-6-4-5-7-13(12)16(20)21/h4-7,11,14H,8-10,17H2,1-3H3,(H,20,21)/t14-/m1/s1. The van der Waals surface area contributed by atoms with E-state index < -0.39 is 12.0 Å². The van der Waals surface area contributed by atoms with E-state index in [9.17, 15) is 9.59 Å². The molecule has 0 fully saturated rings. The molecule has 1 aromatic rings. The van der Waals surface area contributed by atoms with Gasteiger partial charge in [-0.2, -0.15) is 0 Å². The van der Waals surface area contributed by atoms with Crippen LogP contribution in [0.1, 0.15) is 36.2 Å². The van der Waals surface area contributed by atoms with Crippen LogP contribution >= 0.6 is 0 Å². The molecule has 1 atom stereocenters. The fourth-order valence-corrected chi connectivity index (χ4v) is 2.24. The first-order valence-corrected chi connectivity index (χ1v) is 7.14. The lowest BCUT2D eigenvalue weighted by Gasteiger charge is -2.22. The minimum Gasteiger partial charge on any atom is -0.478 e. The molecule has 0 aromatic heterocycles. The van der Waals surface area contributed by atoms with Crippen molar-refractivity contribution in [3.05, 3.63) is 35.4 Å². The summed E-state index contributed by atoms with van der Waals surface area (Å²) in [7, 11) is 1.70. The molecule has 1 aromatic carbocycles. The van der Waals surface area contributed by atoms with Gasteiger partial charge in [-0.1, -0.05) is 32.0 Å². The van der Waals surface area contributed by atoms with Crippen LogP contribution in [0.2, 0.25) is 0 Å². The summed E-state index contributed by atoms with van der Waals surface area (Å²) in [5.74, 6) is -0.683. The van der Waals surface area contributed by atoms with E-state index >= 15 is 0 Å². The zero-order valence-corrected chi connectivity index (χ0v) is 12.9. The topological polar surface area (TPSA) is 83.6 Å². The van der Waals surface area contributed by atoms with Gasteiger partial charge >= 0.3 is 5.97 Å². The Bertz CT molecular complexity index is 500. The fraction of sp³-hybridized carbons (Fsp3) is 0.500. The van der Waals surface area contributed by atoms with Crippen LogP contribution in [0.25, 0.3) is 0 Å². The van der Waals surface area contributed by atoms with Crippen LogP contribution in [-0.2, 0) is 11.2 Å². The highest BCUT2D eigenvalue weighted by molar-refractivity contribution is 5.89. The minimum absolute atomic E-state index is 0.100. The lowest BCUT2D eigenvalue weighted by Crippen LogP contribution is -2.43. The summed E-state index contributed by atoms with van der Waals surface area (Å²) in [6, 6.07) is 6.35. The van der Waals surface area contributed by atoms with Crippen LogP contribution in [-0.4, -0.2) is 41.5 Å². The van der Waals surface area contributed by atoms with Crippen LogP contribution < -0.4 is 5.73 Å². The molecule has 1 amide bonds. The molecule has 0 spiro atoms. The van der Waals surface area contributed by atoms with E-state index in [1.807, 2.05) is 13.8 Å². The summed E-state index contributed by atoms with van der Waals surface area (Å²) >= 11 is 0. The molecule has 0 heterocycles. The Morgan fingerprint density at radius 2 is 1.90 bits per heavy atom. The molecule has 0 aliphatic heterocycles. The summed E-state index contributed by atoms with van der Waals surface area (Å²) in [6.45, 7) is 4.50. The number of hydrogen-bond acceptors (Lipinski definition) is 3. The Morgan fingerprint density at radius 3 is 2.48 bits per heavy atom. The van der Waals surface area contributed by atoms with Crippen molar-refractivity contribution in [3.8, 4) is 0 Å². The number of benzene rings is 1. The largest absolute Gasteiger partial charge is 0.478 e. The fourth-order valence-electron chi connectivity index (χ4n) is 2.24. The van der Waals surface area contributed by atoms with Gasteiger partial charge in [-0.25, -0.2) is 4.79 Å². The number of likely N-dealkylation sites (N-methyl/N-ethyl adjacent to an activating group) is 1. The molecule has 116 valence electrons. The Labute approximate surface area is 125 Å². The Kier molecular flexibility index (Phi) is 6.37. The number of nitrogens with two attached hydrogens (primary N) is 1. The molecule has 0 saturated carbocycles. The molecule has 0 radical (unpaired) electrons. The number of amides is 1. The van der Waals surface area contributed by atoms with E-state index in [0.29, 0.717) is 25.3 Å². The molecular weight excluding hydrogens is 268 g/mol. The predicted molar refractivity (Wildman–Crippen MR) is 82.2 cm³/mol. The summed E-state index contributed by atoms with van der Waals surface area (Å²) in [6.07, 6.45) is 1.15. The van der Waals surface area contributed by atoms with Gasteiger partial charge in [0, 0.05) is 13.6 Å². The number of carboxylic acid groups (broad SMARTS) is 1. The van der Waals surface area contributed by atoms with Crippen molar-refractivity contribution in [3.63, 3.8) is 0 Å². The van der Waals surface area contributed by atoms with Gasteiger partial charge in [-0.3, -0.25) is 4.79 Å². The maximum absolute atomic E-state index is 12.1. The summed E-state index contributed by atoms with van der Waals surface area (Å²) in [4.78, 5) is 24.8. The molecule has 0 saturated heterocycles. The molecule has 5 heteroatoms. The van der Waals surface area contributed by atoms with Crippen LogP contribution in [0.4, 0.5) is 0 Å². The monoisotopic (exact) mass is 292 g/mol. The Balaban J connectivity index is 2.63. The quantitative estimate of drug-likeness (QED) is 0.802. The second kappa shape index (κ2) is 7.78. The molecule has 0 aliphatic carbocycles. The van der Waals surface area contributed by atoms with Crippen molar-refractivity contribution in [2.24, 2.45) is 11.7 Å². The first kappa shape index (κ1) is 17.2.